The second-order valence-electron chi connectivity index (χ2n) is 7.57. The van der Waals surface area contributed by atoms with Crippen molar-refractivity contribution >= 4 is 28.5 Å². The highest BCUT2D eigenvalue weighted by Crippen LogP contribution is 2.28. The van der Waals surface area contributed by atoms with Gasteiger partial charge in [-0.05, 0) is 62.7 Å². The van der Waals surface area contributed by atoms with Crippen molar-refractivity contribution < 1.29 is 9.90 Å². The predicted octanol–water partition coefficient (Wildman–Crippen LogP) is 5.27. The fourth-order valence-corrected chi connectivity index (χ4v) is 3.69. The van der Waals surface area contributed by atoms with Gasteiger partial charge < -0.3 is 5.11 Å². The van der Waals surface area contributed by atoms with Crippen molar-refractivity contribution in [2.75, 3.05) is 0 Å². The average molecular weight is 410 g/mol. The number of Topliss-reactive ketones (excluding diaryl/α,β-unsaturated/α-hetero) is 1. The maximum absolute atomic E-state index is 13.2. The SMILES string of the molecule is CC(=O)c1ccc(N=Cc2c(O)n(-c3ccc(C)cc3C)c(=O)c3ccccc23)cc1. The molecule has 0 fully saturated rings. The van der Waals surface area contributed by atoms with Crippen LogP contribution in [0, 0.1) is 13.8 Å². The fourth-order valence-electron chi connectivity index (χ4n) is 3.69. The van der Waals surface area contributed by atoms with Gasteiger partial charge in [0.05, 0.1) is 16.9 Å². The van der Waals surface area contributed by atoms with Gasteiger partial charge in [-0.25, -0.2) is 4.57 Å². The summed E-state index contributed by atoms with van der Waals surface area (Å²) in [6.45, 7) is 5.40. The molecule has 0 aliphatic rings. The lowest BCUT2D eigenvalue weighted by molar-refractivity contribution is 0.101. The number of carbonyl (C=O) groups excluding carboxylic acids is 1. The molecule has 0 saturated carbocycles. The molecule has 154 valence electrons. The molecule has 1 N–H and O–H groups in total. The minimum atomic E-state index is -0.289. The van der Waals surface area contributed by atoms with Gasteiger partial charge in [-0.15, -0.1) is 0 Å². The van der Waals surface area contributed by atoms with Crippen LogP contribution in [0.1, 0.15) is 34.0 Å². The second kappa shape index (κ2) is 8.03. The molecular formula is C26H22N2O3. The first-order valence-electron chi connectivity index (χ1n) is 9.96. The van der Waals surface area contributed by atoms with Crippen LogP contribution in [0.5, 0.6) is 5.88 Å². The number of pyridine rings is 1. The quantitative estimate of drug-likeness (QED) is 0.368. The summed E-state index contributed by atoms with van der Waals surface area (Å²) in [7, 11) is 0. The van der Waals surface area contributed by atoms with Crippen LogP contribution in [-0.4, -0.2) is 21.7 Å². The highest BCUT2D eigenvalue weighted by atomic mass is 16.3. The highest BCUT2D eigenvalue weighted by molar-refractivity contribution is 6.02. The third kappa shape index (κ3) is 3.78. The summed E-state index contributed by atoms with van der Waals surface area (Å²) in [4.78, 5) is 29.2. The first-order valence-corrected chi connectivity index (χ1v) is 9.96. The summed E-state index contributed by atoms with van der Waals surface area (Å²) >= 11 is 0. The minimum absolute atomic E-state index is 0.0142. The molecular weight excluding hydrogens is 388 g/mol. The molecule has 0 aliphatic carbocycles. The van der Waals surface area contributed by atoms with E-state index in [1.54, 1.807) is 48.7 Å². The van der Waals surface area contributed by atoms with Gasteiger partial charge in [-0.1, -0.05) is 35.9 Å². The number of rotatable bonds is 4. The van der Waals surface area contributed by atoms with Crippen molar-refractivity contribution in [3.8, 4) is 11.6 Å². The summed E-state index contributed by atoms with van der Waals surface area (Å²) in [5.41, 5.74) is 3.99. The topological polar surface area (TPSA) is 71.7 Å². The molecule has 0 unspecified atom stereocenters. The molecule has 5 nitrogen and oxygen atoms in total. The number of aromatic hydroxyl groups is 1. The van der Waals surface area contributed by atoms with Gasteiger partial charge in [0.25, 0.3) is 5.56 Å². The van der Waals surface area contributed by atoms with Crippen molar-refractivity contribution in [3.05, 3.63) is 99.3 Å². The van der Waals surface area contributed by atoms with Crippen LogP contribution >= 0.6 is 0 Å². The number of fused-ring (bicyclic) bond motifs is 1. The van der Waals surface area contributed by atoms with Crippen molar-refractivity contribution in [1.82, 2.24) is 4.57 Å². The molecule has 0 spiro atoms. The lowest BCUT2D eigenvalue weighted by Crippen LogP contribution is -2.21. The third-order valence-corrected chi connectivity index (χ3v) is 5.31. The van der Waals surface area contributed by atoms with E-state index in [0.29, 0.717) is 33.3 Å². The molecule has 0 bridgehead atoms. The Labute approximate surface area is 179 Å². The number of hydrogen-bond donors (Lipinski definition) is 1. The van der Waals surface area contributed by atoms with Gasteiger partial charge in [0.1, 0.15) is 0 Å². The highest BCUT2D eigenvalue weighted by Gasteiger charge is 2.17. The molecule has 0 aliphatic heterocycles. The zero-order chi connectivity index (χ0) is 22.1. The molecule has 0 amide bonds. The van der Waals surface area contributed by atoms with Gasteiger partial charge in [-0.2, -0.15) is 0 Å². The van der Waals surface area contributed by atoms with E-state index in [2.05, 4.69) is 4.99 Å². The van der Waals surface area contributed by atoms with Crippen LogP contribution in [0.15, 0.2) is 76.5 Å². The van der Waals surface area contributed by atoms with Crippen LogP contribution in [0.4, 0.5) is 5.69 Å². The summed E-state index contributed by atoms with van der Waals surface area (Å²) in [5, 5.41) is 12.3. The van der Waals surface area contributed by atoms with Gasteiger partial charge in [0, 0.05) is 22.6 Å². The largest absolute Gasteiger partial charge is 0.494 e. The maximum Gasteiger partial charge on any atom is 0.265 e. The molecule has 4 aromatic rings. The van der Waals surface area contributed by atoms with Crippen molar-refractivity contribution in [2.45, 2.75) is 20.8 Å². The standard InChI is InChI=1S/C26H22N2O3/c1-16-8-13-24(17(2)14-16)28-25(30)22-7-5-4-6-21(22)23(26(28)31)15-27-20-11-9-19(10-12-20)18(3)29/h4-15,31H,1-3H3. The van der Waals surface area contributed by atoms with E-state index in [1.165, 1.54) is 11.5 Å². The van der Waals surface area contributed by atoms with E-state index >= 15 is 0 Å². The Morgan fingerprint density at radius 2 is 1.65 bits per heavy atom. The van der Waals surface area contributed by atoms with Gasteiger partial charge in [-0.3, -0.25) is 14.6 Å². The van der Waals surface area contributed by atoms with E-state index < -0.39 is 0 Å². The van der Waals surface area contributed by atoms with Crippen LogP contribution in [0.2, 0.25) is 0 Å². The number of aryl methyl sites for hydroxylation is 2. The normalized spacial score (nSPS) is 11.3. The van der Waals surface area contributed by atoms with Crippen LogP contribution < -0.4 is 5.56 Å². The van der Waals surface area contributed by atoms with E-state index in [-0.39, 0.29) is 17.2 Å². The zero-order valence-corrected chi connectivity index (χ0v) is 17.6. The molecule has 0 radical (unpaired) electrons. The molecule has 1 aromatic heterocycles. The van der Waals surface area contributed by atoms with Gasteiger partial charge in [0.2, 0.25) is 5.88 Å². The van der Waals surface area contributed by atoms with E-state index in [0.717, 1.165) is 11.1 Å². The van der Waals surface area contributed by atoms with Crippen molar-refractivity contribution in [2.24, 2.45) is 4.99 Å². The Morgan fingerprint density at radius 1 is 0.968 bits per heavy atom. The molecule has 0 atom stereocenters. The lowest BCUT2D eigenvalue weighted by Gasteiger charge is -2.16. The first-order chi connectivity index (χ1) is 14.9. The Balaban J connectivity index is 1.92. The van der Waals surface area contributed by atoms with Crippen LogP contribution in [-0.2, 0) is 0 Å². The summed E-state index contributed by atoms with van der Waals surface area (Å²) in [5.74, 6) is -0.181. The number of aliphatic imine (C=N–C) groups is 1. The summed E-state index contributed by atoms with van der Waals surface area (Å²) < 4.78 is 1.33. The van der Waals surface area contributed by atoms with E-state index in [4.69, 9.17) is 0 Å². The summed E-state index contributed by atoms with van der Waals surface area (Å²) in [6, 6.07) is 19.8. The lowest BCUT2D eigenvalue weighted by atomic mass is 10.1. The van der Waals surface area contributed by atoms with Crippen molar-refractivity contribution in [3.63, 3.8) is 0 Å². The second-order valence-corrected chi connectivity index (χ2v) is 7.57. The first kappa shape index (κ1) is 20.3. The molecule has 4 rings (SSSR count). The van der Waals surface area contributed by atoms with Gasteiger partial charge in [0.15, 0.2) is 5.78 Å². The number of ketones is 1. The zero-order valence-electron chi connectivity index (χ0n) is 17.6. The number of carbonyl (C=O) groups is 1. The number of aromatic nitrogens is 1. The number of nitrogens with zero attached hydrogens (tertiary/aromatic N) is 2. The van der Waals surface area contributed by atoms with Crippen LogP contribution in [0.25, 0.3) is 16.5 Å². The minimum Gasteiger partial charge on any atom is -0.494 e. The summed E-state index contributed by atoms with van der Waals surface area (Å²) in [6.07, 6.45) is 1.56. The number of hydrogen-bond acceptors (Lipinski definition) is 4. The number of benzene rings is 3. The third-order valence-electron chi connectivity index (χ3n) is 5.31. The van der Waals surface area contributed by atoms with E-state index in [1.807, 2.05) is 38.1 Å². The average Bonchev–Trinajstić information content (AvgIpc) is 2.75. The molecule has 0 saturated heterocycles. The Morgan fingerprint density at radius 3 is 2.29 bits per heavy atom. The fraction of sp³-hybridized carbons (Fsp3) is 0.115. The Hall–Kier alpha value is -3.99. The Bertz CT molecular complexity index is 1400. The molecule has 31 heavy (non-hydrogen) atoms. The Kier molecular flexibility index (Phi) is 5.26. The molecule has 1 heterocycles. The molecule has 5 heteroatoms. The maximum atomic E-state index is 13.2. The predicted molar refractivity (Wildman–Crippen MR) is 124 cm³/mol. The van der Waals surface area contributed by atoms with E-state index in [9.17, 15) is 14.7 Å². The molecule has 3 aromatic carbocycles. The van der Waals surface area contributed by atoms with Gasteiger partial charge >= 0.3 is 0 Å². The monoisotopic (exact) mass is 410 g/mol. The van der Waals surface area contributed by atoms with Crippen molar-refractivity contribution in [1.29, 1.82) is 0 Å². The smallest absolute Gasteiger partial charge is 0.265 e. The van der Waals surface area contributed by atoms with Crippen LogP contribution in [0.3, 0.4) is 0 Å².